The molecule has 1 atom stereocenters. The average molecular weight is 260 g/mol. The summed E-state index contributed by atoms with van der Waals surface area (Å²) in [5, 5.41) is 0. The lowest BCUT2D eigenvalue weighted by Crippen LogP contribution is -2.18. The molecule has 0 aliphatic heterocycles. The molecule has 1 unspecified atom stereocenters. The van der Waals surface area contributed by atoms with Gasteiger partial charge in [0, 0.05) is 13.3 Å². The molecule has 0 aliphatic carbocycles. The Kier molecular flexibility index (Phi) is 4.35. The third-order valence-corrected chi connectivity index (χ3v) is 2.73. The first kappa shape index (κ1) is 11.5. The third kappa shape index (κ3) is 2.96. The first-order chi connectivity index (χ1) is 6.65. The van der Waals surface area contributed by atoms with Crippen LogP contribution in [0.3, 0.4) is 0 Å². The van der Waals surface area contributed by atoms with Crippen molar-refractivity contribution in [2.45, 2.75) is 20.0 Å². The van der Waals surface area contributed by atoms with Crippen molar-refractivity contribution in [1.29, 1.82) is 0 Å². The molecule has 1 heterocycles. The largest absolute Gasteiger partial charge is 0.471 e. The molecule has 0 aliphatic rings. The number of aromatic nitrogens is 1. The fraction of sp³-hybridized carbons (Fsp3) is 0.500. The fourth-order valence-corrected chi connectivity index (χ4v) is 1.38. The van der Waals surface area contributed by atoms with Crippen molar-refractivity contribution < 1.29 is 9.47 Å². The quantitative estimate of drug-likeness (QED) is 0.833. The molecule has 0 amide bonds. The van der Waals surface area contributed by atoms with E-state index >= 15 is 0 Å². The molecule has 0 fully saturated rings. The van der Waals surface area contributed by atoms with Crippen LogP contribution >= 0.6 is 15.9 Å². The average Bonchev–Trinajstić information content (AvgIpc) is 2.13. The molecule has 78 valence electrons. The highest BCUT2D eigenvalue weighted by Gasteiger charge is 2.09. The number of halogens is 1. The van der Waals surface area contributed by atoms with Crippen molar-refractivity contribution in [2.75, 3.05) is 13.7 Å². The Bertz CT molecular complexity index is 304. The van der Waals surface area contributed by atoms with Gasteiger partial charge in [-0.1, -0.05) is 0 Å². The van der Waals surface area contributed by atoms with Crippen LogP contribution in [0.4, 0.5) is 0 Å². The predicted molar refractivity (Wildman–Crippen MR) is 58.6 cm³/mol. The molecule has 0 radical (unpaired) electrons. The third-order valence-electron chi connectivity index (χ3n) is 1.76. The van der Waals surface area contributed by atoms with Crippen LogP contribution in [-0.2, 0) is 4.74 Å². The number of pyridine rings is 1. The van der Waals surface area contributed by atoms with Crippen molar-refractivity contribution >= 4 is 15.9 Å². The van der Waals surface area contributed by atoms with E-state index in [1.54, 1.807) is 13.3 Å². The van der Waals surface area contributed by atoms with Gasteiger partial charge >= 0.3 is 0 Å². The number of ether oxygens (including phenoxy) is 2. The zero-order valence-electron chi connectivity index (χ0n) is 8.58. The van der Waals surface area contributed by atoms with Crippen molar-refractivity contribution in [3.05, 3.63) is 22.3 Å². The predicted octanol–water partition coefficient (Wildman–Crippen LogP) is 2.57. The van der Waals surface area contributed by atoms with Crippen LogP contribution in [0, 0.1) is 6.92 Å². The van der Waals surface area contributed by atoms with Crippen LogP contribution in [0.25, 0.3) is 0 Å². The highest BCUT2D eigenvalue weighted by atomic mass is 79.9. The Hall–Kier alpha value is -0.610. The minimum absolute atomic E-state index is 0.00519. The molecular weight excluding hydrogens is 246 g/mol. The first-order valence-electron chi connectivity index (χ1n) is 4.42. The highest BCUT2D eigenvalue weighted by Crippen LogP contribution is 2.26. The minimum Gasteiger partial charge on any atom is -0.471 e. The van der Waals surface area contributed by atoms with Gasteiger partial charge in [-0.2, -0.15) is 0 Å². The second kappa shape index (κ2) is 5.32. The van der Waals surface area contributed by atoms with Gasteiger partial charge in [-0.05, 0) is 41.4 Å². The van der Waals surface area contributed by atoms with Gasteiger partial charge in [0.05, 0.1) is 11.1 Å². The summed E-state index contributed by atoms with van der Waals surface area (Å²) < 4.78 is 11.5. The second-order valence-corrected chi connectivity index (χ2v) is 3.92. The SMILES string of the molecule is COCC(C)Oc1nccc(C)c1Br. The standard InChI is InChI=1S/C10H14BrNO2/c1-7-4-5-12-10(9(7)11)14-8(2)6-13-3/h4-5,8H,6H2,1-3H3. The summed E-state index contributed by atoms with van der Waals surface area (Å²) in [5.41, 5.74) is 1.11. The van der Waals surface area contributed by atoms with Crippen LogP contribution in [0.2, 0.25) is 0 Å². The molecular formula is C10H14BrNO2. The topological polar surface area (TPSA) is 31.4 Å². The smallest absolute Gasteiger partial charge is 0.228 e. The van der Waals surface area contributed by atoms with Crippen molar-refractivity contribution in [1.82, 2.24) is 4.98 Å². The van der Waals surface area contributed by atoms with Crippen LogP contribution in [-0.4, -0.2) is 24.8 Å². The minimum atomic E-state index is 0.00519. The number of methoxy groups -OCH3 is 1. The first-order valence-corrected chi connectivity index (χ1v) is 5.21. The second-order valence-electron chi connectivity index (χ2n) is 3.13. The lowest BCUT2D eigenvalue weighted by Gasteiger charge is -2.14. The van der Waals surface area contributed by atoms with E-state index in [-0.39, 0.29) is 6.10 Å². The summed E-state index contributed by atoms with van der Waals surface area (Å²) in [4.78, 5) is 4.14. The number of hydrogen-bond donors (Lipinski definition) is 0. The van der Waals surface area contributed by atoms with E-state index in [0.717, 1.165) is 10.0 Å². The molecule has 1 rings (SSSR count). The fourth-order valence-electron chi connectivity index (χ4n) is 1.06. The Labute approximate surface area is 92.6 Å². The molecule has 0 spiro atoms. The van der Waals surface area contributed by atoms with Gasteiger partial charge in [0.1, 0.15) is 6.10 Å². The Balaban J connectivity index is 2.71. The summed E-state index contributed by atoms with van der Waals surface area (Å²) in [5.74, 6) is 0.620. The Morgan fingerprint density at radius 3 is 2.93 bits per heavy atom. The lowest BCUT2D eigenvalue weighted by molar-refractivity contribution is 0.0884. The van der Waals surface area contributed by atoms with Gasteiger partial charge in [-0.15, -0.1) is 0 Å². The molecule has 0 aromatic carbocycles. The molecule has 0 bridgehead atoms. The van der Waals surface area contributed by atoms with E-state index in [2.05, 4.69) is 20.9 Å². The summed E-state index contributed by atoms with van der Waals surface area (Å²) in [7, 11) is 1.65. The van der Waals surface area contributed by atoms with E-state index in [1.807, 2.05) is 19.9 Å². The Morgan fingerprint density at radius 2 is 2.29 bits per heavy atom. The van der Waals surface area contributed by atoms with E-state index in [1.165, 1.54) is 0 Å². The van der Waals surface area contributed by atoms with Crippen LogP contribution in [0.15, 0.2) is 16.7 Å². The zero-order chi connectivity index (χ0) is 10.6. The van der Waals surface area contributed by atoms with Crippen LogP contribution < -0.4 is 4.74 Å². The van der Waals surface area contributed by atoms with Crippen molar-refractivity contribution in [2.24, 2.45) is 0 Å². The van der Waals surface area contributed by atoms with Gasteiger partial charge in [-0.25, -0.2) is 4.98 Å². The monoisotopic (exact) mass is 259 g/mol. The molecule has 14 heavy (non-hydrogen) atoms. The van der Waals surface area contributed by atoms with E-state index in [9.17, 15) is 0 Å². The van der Waals surface area contributed by atoms with Gasteiger partial charge in [0.2, 0.25) is 5.88 Å². The molecule has 1 aromatic rings. The molecule has 0 N–H and O–H groups in total. The normalized spacial score (nSPS) is 12.6. The Morgan fingerprint density at radius 1 is 1.57 bits per heavy atom. The lowest BCUT2D eigenvalue weighted by atomic mass is 10.3. The summed E-state index contributed by atoms with van der Waals surface area (Å²) in [6, 6.07) is 1.93. The van der Waals surface area contributed by atoms with E-state index < -0.39 is 0 Å². The van der Waals surface area contributed by atoms with Crippen LogP contribution in [0.1, 0.15) is 12.5 Å². The zero-order valence-corrected chi connectivity index (χ0v) is 10.2. The maximum atomic E-state index is 5.58. The van der Waals surface area contributed by atoms with Crippen molar-refractivity contribution in [3.8, 4) is 5.88 Å². The van der Waals surface area contributed by atoms with Crippen LogP contribution in [0.5, 0.6) is 5.88 Å². The molecule has 0 saturated heterocycles. The number of aryl methyl sites for hydroxylation is 1. The number of nitrogens with zero attached hydrogens (tertiary/aromatic N) is 1. The van der Waals surface area contributed by atoms with E-state index in [4.69, 9.17) is 9.47 Å². The summed E-state index contributed by atoms with van der Waals surface area (Å²) in [6.07, 6.45) is 1.74. The van der Waals surface area contributed by atoms with Gasteiger partial charge in [0.15, 0.2) is 0 Å². The molecule has 0 saturated carbocycles. The maximum absolute atomic E-state index is 5.58. The van der Waals surface area contributed by atoms with Gasteiger partial charge in [-0.3, -0.25) is 0 Å². The van der Waals surface area contributed by atoms with Crippen molar-refractivity contribution in [3.63, 3.8) is 0 Å². The van der Waals surface area contributed by atoms with Gasteiger partial charge in [0.25, 0.3) is 0 Å². The molecule has 4 heteroatoms. The molecule has 1 aromatic heterocycles. The summed E-state index contributed by atoms with van der Waals surface area (Å²) in [6.45, 7) is 4.50. The maximum Gasteiger partial charge on any atom is 0.228 e. The summed E-state index contributed by atoms with van der Waals surface area (Å²) >= 11 is 3.43. The molecule has 3 nitrogen and oxygen atoms in total. The van der Waals surface area contributed by atoms with Gasteiger partial charge < -0.3 is 9.47 Å². The number of hydrogen-bond acceptors (Lipinski definition) is 3. The van der Waals surface area contributed by atoms with E-state index in [0.29, 0.717) is 12.5 Å². The number of rotatable bonds is 4. The highest BCUT2D eigenvalue weighted by molar-refractivity contribution is 9.10.